The number of benzene rings is 2. The van der Waals surface area contributed by atoms with Crippen molar-refractivity contribution in [2.24, 2.45) is 0 Å². The van der Waals surface area contributed by atoms with Crippen LogP contribution in [0.25, 0.3) is 22.8 Å². The highest BCUT2D eigenvalue weighted by Crippen LogP contribution is 2.31. The standard InChI is InChI=1S/C22H19F3N8O3/c1-11-8-13(6-7-15(11)36-21(35)26-2)16-17(30-33-29-16)18-28-19(32-31-18)20(34)27-10-12-4-3-5-14(9-12)22(23,24)25/h3-9H,10H2,1-2H3,(H,26,35)(H,27,34)(H,28,31,32)(H,29,30,33). The van der Waals surface area contributed by atoms with Crippen LogP contribution in [0.15, 0.2) is 42.5 Å². The maximum Gasteiger partial charge on any atom is 0.416 e. The molecule has 0 fully saturated rings. The fourth-order valence-corrected chi connectivity index (χ4v) is 3.24. The Morgan fingerprint density at radius 1 is 1.06 bits per heavy atom. The van der Waals surface area contributed by atoms with Crippen LogP contribution in [-0.4, -0.2) is 49.6 Å². The Labute approximate surface area is 201 Å². The molecule has 0 radical (unpaired) electrons. The third kappa shape index (κ3) is 5.32. The van der Waals surface area contributed by atoms with Crippen LogP contribution in [0.5, 0.6) is 5.75 Å². The topological polar surface area (TPSA) is 151 Å². The summed E-state index contributed by atoms with van der Waals surface area (Å²) < 4.78 is 43.8. The smallest absolute Gasteiger partial charge is 0.410 e. The molecule has 11 nitrogen and oxygen atoms in total. The average molecular weight is 500 g/mol. The number of amides is 2. The molecule has 4 N–H and O–H groups in total. The van der Waals surface area contributed by atoms with Crippen molar-refractivity contribution in [3.05, 3.63) is 65.0 Å². The number of alkyl halides is 3. The Hall–Kier alpha value is -4.75. The maximum absolute atomic E-state index is 12.9. The summed E-state index contributed by atoms with van der Waals surface area (Å²) in [6.07, 6.45) is -5.09. The van der Waals surface area contributed by atoms with E-state index in [2.05, 4.69) is 41.2 Å². The fourth-order valence-electron chi connectivity index (χ4n) is 3.24. The average Bonchev–Trinajstić information content (AvgIpc) is 3.53. The largest absolute Gasteiger partial charge is 0.416 e. The normalized spacial score (nSPS) is 11.2. The van der Waals surface area contributed by atoms with Gasteiger partial charge < -0.3 is 15.4 Å². The molecule has 4 aromatic rings. The van der Waals surface area contributed by atoms with Crippen LogP contribution in [0.4, 0.5) is 18.0 Å². The van der Waals surface area contributed by atoms with Gasteiger partial charge in [-0.15, -0.1) is 0 Å². The van der Waals surface area contributed by atoms with E-state index in [1.54, 1.807) is 25.1 Å². The number of ether oxygens (including phenoxy) is 1. The second-order valence-electron chi connectivity index (χ2n) is 7.53. The predicted octanol–water partition coefficient (Wildman–Crippen LogP) is 3.23. The number of aromatic nitrogens is 6. The quantitative estimate of drug-likeness (QED) is 0.317. The van der Waals surface area contributed by atoms with Crippen LogP contribution in [-0.2, 0) is 12.7 Å². The lowest BCUT2D eigenvalue weighted by atomic mass is 10.1. The molecule has 2 aromatic carbocycles. The van der Waals surface area contributed by atoms with Gasteiger partial charge in [0.15, 0.2) is 5.69 Å². The molecule has 0 aliphatic heterocycles. The number of hydrogen-bond acceptors (Lipinski definition) is 7. The number of rotatable bonds is 6. The molecule has 36 heavy (non-hydrogen) atoms. The lowest BCUT2D eigenvalue weighted by molar-refractivity contribution is -0.137. The van der Waals surface area contributed by atoms with E-state index in [4.69, 9.17) is 4.74 Å². The number of carbonyl (C=O) groups excluding carboxylic acids is 2. The number of hydrogen-bond donors (Lipinski definition) is 4. The van der Waals surface area contributed by atoms with Crippen LogP contribution in [0.3, 0.4) is 0 Å². The Kier molecular flexibility index (Phi) is 6.67. The zero-order valence-electron chi connectivity index (χ0n) is 18.9. The van der Waals surface area contributed by atoms with Crippen molar-refractivity contribution in [2.45, 2.75) is 19.6 Å². The second-order valence-corrected chi connectivity index (χ2v) is 7.53. The van der Waals surface area contributed by atoms with Crippen LogP contribution >= 0.6 is 0 Å². The number of nitrogens with one attached hydrogen (secondary N) is 4. The summed E-state index contributed by atoms with van der Waals surface area (Å²) >= 11 is 0. The summed E-state index contributed by atoms with van der Waals surface area (Å²) in [5.74, 6) is -0.383. The Morgan fingerprint density at radius 2 is 1.83 bits per heavy atom. The zero-order chi connectivity index (χ0) is 25.9. The summed E-state index contributed by atoms with van der Waals surface area (Å²) in [6, 6.07) is 9.64. The minimum absolute atomic E-state index is 0.0753. The molecule has 4 rings (SSSR count). The molecule has 0 saturated carbocycles. The van der Waals surface area contributed by atoms with Gasteiger partial charge in [-0.25, -0.2) is 9.78 Å². The van der Waals surface area contributed by atoms with Gasteiger partial charge in [0.25, 0.3) is 5.91 Å². The number of aromatic amines is 2. The summed E-state index contributed by atoms with van der Waals surface area (Å²) in [7, 11) is 1.45. The minimum Gasteiger partial charge on any atom is -0.410 e. The molecule has 0 aliphatic carbocycles. The van der Waals surface area contributed by atoms with E-state index in [1.165, 1.54) is 19.2 Å². The predicted molar refractivity (Wildman–Crippen MR) is 120 cm³/mol. The molecule has 0 spiro atoms. The molecule has 0 atom stereocenters. The SMILES string of the molecule is CNC(=O)Oc1ccc(-c2n[nH]nc2-c2n[nH]c(C(=O)NCc3cccc(C(F)(F)F)c3)n2)cc1C. The van der Waals surface area contributed by atoms with Crippen LogP contribution in [0, 0.1) is 6.92 Å². The van der Waals surface area contributed by atoms with Gasteiger partial charge in [0, 0.05) is 19.2 Å². The van der Waals surface area contributed by atoms with Gasteiger partial charge in [0.1, 0.15) is 11.4 Å². The van der Waals surface area contributed by atoms with E-state index < -0.39 is 23.7 Å². The van der Waals surface area contributed by atoms with Gasteiger partial charge in [0.2, 0.25) is 11.6 Å². The van der Waals surface area contributed by atoms with E-state index in [-0.39, 0.29) is 29.5 Å². The van der Waals surface area contributed by atoms with Crippen LogP contribution < -0.4 is 15.4 Å². The molecule has 2 aromatic heterocycles. The number of carbonyl (C=O) groups is 2. The Morgan fingerprint density at radius 3 is 2.56 bits per heavy atom. The summed E-state index contributed by atoms with van der Waals surface area (Å²) in [6.45, 7) is 1.61. The number of halogens is 3. The monoisotopic (exact) mass is 500 g/mol. The van der Waals surface area contributed by atoms with Crippen molar-refractivity contribution in [3.63, 3.8) is 0 Å². The van der Waals surface area contributed by atoms with Gasteiger partial charge >= 0.3 is 12.3 Å². The maximum atomic E-state index is 12.9. The first-order valence-corrected chi connectivity index (χ1v) is 10.4. The molecular formula is C22H19F3N8O3. The lowest BCUT2D eigenvalue weighted by Crippen LogP contribution is -2.24. The highest BCUT2D eigenvalue weighted by Gasteiger charge is 2.30. The summed E-state index contributed by atoms with van der Waals surface area (Å²) in [4.78, 5) is 28.1. The van der Waals surface area contributed by atoms with E-state index in [1.807, 2.05) is 0 Å². The molecule has 186 valence electrons. The van der Waals surface area contributed by atoms with Crippen molar-refractivity contribution < 1.29 is 27.5 Å². The first-order chi connectivity index (χ1) is 17.2. The Bertz CT molecular complexity index is 1410. The number of nitrogens with zero attached hydrogens (tertiary/aromatic N) is 4. The molecule has 0 bridgehead atoms. The van der Waals surface area contributed by atoms with Crippen molar-refractivity contribution in [3.8, 4) is 28.5 Å². The zero-order valence-corrected chi connectivity index (χ0v) is 18.9. The van der Waals surface area contributed by atoms with Gasteiger partial charge in [-0.3, -0.25) is 9.89 Å². The van der Waals surface area contributed by atoms with Crippen LogP contribution in [0.1, 0.15) is 27.3 Å². The lowest BCUT2D eigenvalue weighted by Gasteiger charge is -2.09. The summed E-state index contributed by atoms with van der Waals surface area (Å²) in [5, 5.41) is 22.1. The molecule has 2 amide bonds. The fraction of sp³-hybridized carbons (Fsp3) is 0.182. The third-order valence-electron chi connectivity index (χ3n) is 5.02. The summed E-state index contributed by atoms with van der Waals surface area (Å²) in [5.41, 5.74) is 1.40. The van der Waals surface area contributed by atoms with Crippen molar-refractivity contribution in [1.29, 1.82) is 0 Å². The second kappa shape index (κ2) is 9.85. The van der Waals surface area contributed by atoms with Crippen molar-refractivity contribution in [2.75, 3.05) is 7.05 Å². The van der Waals surface area contributed by atoms with Crippen molar-refractivity contribution in [1.82, 2.24) is 41.2 Å². The molecular weight excluding hydrogens is 481 g/mol. The third-order valence-corrected chi connectivity index (χ3v) is 5.02. The first kappa shape index (κ1) is 24.4. The molecule has 0 aliphatic rings. The molecule has 0 saturated heterocycles. The number of aryl methyl sites for hydroxylation is 1. The van der Waals surface area contributed by atoms with E-state index in [9.17, 15) is 22.8 Å². The van der Waals surface area contributed by atoms with E-state index in [0.717, 1.165) is 12.1 Å². The minimum atomic E-state index is -4.48. The van der Waals surface area contributed by atoms with Crippen molar-refractivity contribution >= 4 is 12.0 Å². The van der Waals surface area contributed by atoms with Crippen LogP contribution in [0.2, 0.25) is 0 Å². The van der Waals surface area contributed by atoms with E-state index >= 15 is 0 Å². The number of H-pyrrole nitrogens is 2. The molecule has 2 heterocycles. The Balaban J connectivity index is 1.48. The molecule has 0 unspecified atom stereocenters. The van der Waals surface area contributed by atoms with Gasteiger partial charge in [-0.1, -0.05) is 12.1 Å². The van der Waals surface area contributed by atoms with Gasteiger partial charge in [-0.2, -0.15) is 33.7 Å². The van der Waals surface area contributed by atoms with Gasteiger partial charge in [-0.05, 0) is 48.4 Å². The highest BCUT2D eigenvalue weighted by atomic mass is 19.4. The van der Waals surface area contributed by atoms with Gasteiger partial charge in [0.05, 0.1) is 5.56 Å². The van der Waals surface area contributed by atoms with E-state index in [0.29, 0.717) is 22.6 Å². The first-order valence-electron chi connectivity index (χ1n) is 10.4. The molecule has 14 heteroatoms. The highest BCUT2D eigenvalue weighted by molar-refractivity contribution is 5.91.